The minimum absolute atomic E-state index is 0.0405. The van der Waals surface area contributed by atoms with Crippen molar-refractivity contribution in [2.45, 2.75) is 44.1 Å². The van der Waals surface area contributed by atoms with Gasteiger partial charge in [-0.05, 0) is 41.4 Å². The molecule has 1 atom stereocenters. The smallest absolute Gasteiger partial charge is 0.115 e. The summed E-state index contributed by atoms with van der Waals surface area (Å²) in [5.41, 5.74) is 2.31. The van der Waals surface area contributed by atoms with Gasteiger partial charge in [-0.25, -0.2) is 0 Å². The molecule has 0 radical (unpaired) electrons. The second-order valence-electron chi connectivity index (χ2n) is 7.37. The monoisotopic (exact) mass is 344 g/mol. The summed E-state index contributed by atoms with van der Waals surface area (Å²) in [5.74, 6) is 0. The highest BCUT2D eigenvalue weighted by molar-refractivity contribution is 5.36. The van der Waals surface area contributed by atoms with Gasteiger partial charge in [-0.15, -0.1) is 0 Å². The third-order valence-electron chi connectivity index (χ3n) is 5.79. The van der Waals surface area contributed by atoms with E-state index in [0.717, 1.165) is 24.0 Å². The lowest BCUT2D eigenvalue weighted by atomic mass is 9.72. The van der Waals surface area contributed by atoms with E-state index in [-0.39, 0.29) is 5.41 Å². The third kappa shape index (κ3) is 3.73. The predicted octanol–water partition coefficient (Wildman–Crippen LogP) is 6.07. The lowest BCUT2D eigenvalue weighted by Gasteiger charge is -2.35. The molecule has 0 saturated heterocycles. The van der Waals surface area contributed by atoms with E-state index in [2.05, 4.69) is 44.2 Å². The fourth-order valence-corrected chi connectivity index (χ4v) is 3.71. The van der Waals surface area contributed by atoms with Crippen molar-refractivity contribution in [3.63, 3.8) is 0 Å². The Morgan fingerprint density at radius 2 is 1.00 bits per heavy atom. The van der Waals surface area contributed by atoms with E-state index in [1.165, 1.54) is 5.56 Å². The number of hydrogen-bond acceptors (Lipinski definition) is 1. The Labute approximate surface area is 157 Å². The minimum atomic E-state index is -0.978. The molecule has 0 bridgehead atoms. The summed E-state index contributed by atoms with van der Waals surface area (Å²) < 4.78 is 0. The van der Waals surface area contributed by atoms with Crippen molar-refractivity contribution in [1.82, 2.24) is 0 Å². The van der Waals surface area contributed by atoms with Gasteiger partial charge >= 0.3 is 0 Å². The van der Waals surface area contributed by atoms with Crippen molar-refractivity contribution < 1.29 is 5.11 Å². The van der Waals surface area contributed by atoms with Gasteiger partial charge in [0, 0.05) is 0 Å². The summed E-state index contributed by atoms with van der Waals surface area (Å²) in [6.07, 6.45) is 2.63. The highest BCUT2D eigenvalue weighted by Gasteiger charge is 2.35. The second-order valence-corrected chi connectivity index (χ2v) is 7.37. The summed E-state index contributed by atoms with van der Waals surface area (Å²) >= 11 is 0. The average Bonchev–Trinajstić information content (AvgIpc) is 2.73. The lowest BCUT2D eigenvalue weighted by Crippen LogP contribution is -2.31. The molecular formula is C25H28O. The van der Waals surface area contributed by atoms with Crippen LogP contribution in [0.15, 0.2) is 91.0 Å². The Hall–Kier alpha value is -2.38. The molecule has 1 unspecified atom stereocenters. The molecule has 0 amide bonds. The van der Waals surface area contributed by atoms with Crippen LogP contribution in [0.3, 0.4) is 0 Å². The van der Waals surface area contributed by atoms with E-state index < -0.39 is 5.60 Å². The van der Waals surface area contributed by atoms with Crippen LogP contribution in [0.1, 0.15) is 49.8 Å². The molecule has 1 N–H and O–H groups in total. The first-order valence-electron chi connectivity index (χ1n) is 9.47. The van der Waals surface area contributed by atoms with Crippen molar-refractivity contribution in [3.05, 3.63) is 108 Å². The SMILES string of the molecule is CCC(C)(CCC(O)(c1ccccc1)c1ccccc1)c1ccccc1. The van der Waals surface area contributed by atoms with Gasteiger partial charge in [0.25, 0.3) is 0 Å². The predicted molar refractivity (Wildman–Crippen MR) is 109 cm³/mol. The number of aliphatic hydroxyl groups is 1. The summed E-state index contributed by atoms with van der Waals surface area (Å²) in [7, 11) is 0. The molecule has 134 valence electrons. The largest absolute Gasteiger partial charge is 0.380 e. The van der Waals surface area contributed by atoms with E-state index in [0.29, 0.717) is 6.42 Å². The molecule has 1 heteroatoms. The molecular weight excluding hydrogens is 316 g/mol. The van der Waals surface area contributed by atoms with Gasteiger partial charge in [-0.1, -0.05) is 105 Å². The maximum Gasteiger partial charge on any atom is 0.115 e. The molecule has 0 aromatic heterocycles. The van der Waals surface area contributed by atoms with Crippen molar-refractivity contribution >= 4 is 0 Å². The first-order chi connectivity index (χ1) is 12.6. The molecule has 3 aromatic rings. The molecule has 26 heavy (non-hydrogen) atoms. The van der Waals surface area contributed by atoms with E-state index in [1.807, 2.05) is 60.7 Å². The van der Waals surface area contributed by atoms with Crippen LogP contribution in [0.4, 0.5) is 0 Å². The van der Waals surface area contributed by atoms with Crippen LogP contribution >= 0.6 is 0 Å². The zero-order chi connectivity index (χ0) is 18.5. The van der Waals surface area contributed by atoms with Gasteiger partial charge in [-0.3, -0.25) is 0 Å². The number of hydrogen-bond donors (Lipinski definition) is 1. The molecule has 0 saturated carbocycles. The molecule has 1 nitrogen and oxygen atoms in total. The molecule has 0 spiro atoms. The van der Waals surface area contributed by atoms with Crippen molar-refractivity contribution in [3.8, 4) is 0 Å². The van der Waals surface area contributed by atoms with Gasteiger partial charge in [0.05, 0.1) is 0 Å². The summed E-state index contributed by atoms with van der Waals surface area (Å²) in [5, 5.41) is 11.8. The fourth-order valence-electron chi connectivity index (χ4n) is 3.71. The van der Waals surface area contributed by atoms with Crippen LogP contribution in [-0.4, -0.2) is 5.11 Å². The molecule has 0 heterocycles. The quantitative estimate of drug-likeness (QED) is 0.551. The average molecular weight is 344 g/mol. The molecule has 3 rings (SSSR count). The molecule has 0 aliphatic rings. The zero-order valence-corrected chi connectivity index (χ0v) is 15.7. The lowest BCUT2D eigenvalue weighted by molar-refractivity contribution is 0.0610. The Morgan fingerprint density at radius 1 is 0.615 bits per heavy atom. The fraction of sp³-hybridized carbons (Fsp3) is 0.280. The Bertz CT molecular complexity index is 756. The normalized spacial score (nSPS) is 14.0. The van der Waals surface area contributed by atoms with E-state index >= 15 is 0 Å². The summed E-state index contributed by atoms with van der Waals surface area (Å²) in [6, 6.07) is 30.8. The first kappa shape index (κ1) is 18.4. The molecule has 0 aliphatic heterocycles. The maximum atomic E-state index is 11.8. The van der Waals surface area contributed by atoms with Gasteiger partial charge in [0.2, 0.25) is 0 Å². The van der Waals surface area contributed by atoms with E-state index in [4.69, 9.17) is 0 Å². The molecule has 0 aliphatic carbocycles. The van der Waals surface area contributed by atoms with Crippen LogP contribution in [0, 0.1) is 0 Å². The van der Waals surface area contributed by atoms with Crippen LogP contribution in [0.25, 0.3) is 0 Å². The molecule has 0 fully saturated rings. The van der Waals surface area contributed by atoms with Crippen LogP contribution in [-0.2, 0) is 11.0 Å². The van der Waals surface area contributed by atoms with Crippen LogP contribution in [0.2, 0.25) is 0 Å². The maximum absolute atomic E-state index is 11.8. The van der Waals surface area contributed by atoms with Crippen LogP contribution in [0.5, 0.6) is 0 Å². The van der Waals surface area contributed by atoms with E-state index in [1.54, 1.807) is 0 Å². The van der Waals surface area contributed by atoms with Gasteiger partial charge in [0.1, 0.15) is 5.60 Å². The van der Waals surface area contributed by atoms with Gasteiger partial charge in [-0.2, -0.15) is 0 Å². The molecule has 3 aromatic carbocycles. The summed E-state index contributed by atoms with van der Waals surface area (Å²) in [6.45, 7) is 4.54. The minimum Gasteiger partial charge on any atom is -0.380 e. The number of benzene rings is 3. The highest BCUT2D eigenvalue weighted by atomic mass is 16.3. The van der Waals surface area contributed by atoms with Gasteiger partial charge in [0.15, 0.2) is 0 Å². The third-order valence-corrected chi connectivity index (χ3v) is 5.79. The standard InChI is InChI=1S/C25H28O/c1-3-24(2,21-13-7-4-8-14-21)19-20-25(26,22-15-9-5-10-16-22)23-17-11-6-12-18-23/h4-18,26H,3,19-20H2,1-2H3. The van der Waals surface area contributed by atoms with Crippen molar-refractivity contribution in [2.24, 2.45) is 0 Å². The Balaban J connectivity index is 1.94. The Kier molecular flexibility index (Phi) is 5.58. The van der Waals surface area contributed by atoms with Crippen molar-refractivity contribution in [2.75, 3.05) is 0 Å². The van der Waals surface area contributed by atoms with Crippen LogP contribution < -0.4 is 0 Å². The second kappa shape index (κ2) is 7.88. The number of rotatable bonds is 7. The highest BCUT2D eigenvalue weighted by Crippen LogP contribution is 2.40. The topological polar surface area (TPSA) is 20.2 Å². The van der Waals surface area contributed by atoms with E-state index in [9.17, 15) is 5.11 Å². The first-order valence-corrected chi connectivity index (χ1v) is 9.47. The Morgan fingerprint density at radius 3 is 1.38 bits per heavy atom. The van der Waals surface area contributed by atoms with Crippen molar-refractivity contribution in [1.29, 1.82) is 0 Å². The van der Waals surface area contributed by atoms with Gasteiger partial charge < -0.3 is 5.11 Å². The summed E-state index contributed by atoms with van der Waals surface area (Å²) in [4.78, 5) is 0. The zero-order valence-electron chi connectivity index (χ0n) is 15.7.